The molecule has 0 atom stereocenters. The summed E-state index contributed by atoms with van der Waals surface area (Å²) < 4.78 is 97.9. The fourth-order valence-electron chi connectivity index (χ4n) is 2.30. The van der Waals surface area contributed by atoms with Crippen LogP contribution in [0.25, 0.3) is 4.85 Å². The lowest BCUT2D eigenvalue weighted by molar-refractivity contribution is -0.413. The van der Waals surface area contributed by atoms with Gasteiger partial charge in [0.15, 0.2) is 5.69 Å². The Labute approximate surface area is 134 Å². The largest absolute Gasteiger partial charge is 0.427 e. The van der Waals surface area contributed by atoms with Crippen LogP contribution in [0.15, 0.2) is 18.2 Å². The molecule has 0 aliphatic carbocycles. The molecule has 0 aromatic heterocycles. The zero-order valence-corrected chi connectivity index (χ0v) is 12.9. The van der Waals surface area contributed by atoms with Crippen molar-refractivity contribution < 1.29 is 35.5 Å². The van der Waals surface area contributed by atoms with Crippen molar-refractivity contribution in [2.24, 2.45) is 5.41 Å². The van der Waals surface area contributed by atoms with Crippen LogP contribution in [-0.2, 0) is 11.3 Å². The Balaban J connectivity index is 3.33. The van der Waals surface area contributed by atoms with E-state index in [1.54, 1.807) is 0 Å². The van der Waals surface area contributed by atoms with Crippen LogP contribution in [0, 0.1) is 17.8 Å². The number of ether oxygens (including phenoxy) is 1. The Hall–Kier alpha value is -1.82. The van der Waals surface area contributed by atoms with Gasteiger partial charge in [0.1, 0.15) is 5.82 Å². The van der Waals surface area contributed by atoms with E-state index in [9.17, 15) is 30.7 Å². The number of hydrogen-bond acceptors (Lipinski definition) is 1. The first-order chi connectivity index (χ1) is 10.7. The van der Waals surface area contributed by atoms with Crippen molar-refractivity contribution in [1.82, 2.24) is 0 Å². The van der Waals surface area contributed by atoms with E-state index in [4.69, 9.17) is 6.57 Å². The monoisotopic (exact) mass is 357 g/mol. The quantitative estimate of drug-likeness (QED) is 0.492. The van der Waals surface area contributed by atoms with Crippen LogP contribution >= 0.6 is 0 Å². The molecule has 0 aliphatic heterocycles. The zero-order valence-electron chi connectivity index (χ0n) is 12.9. The molecule has 24 heavy (non-hydrogen) atoms. The maximum absolute atomic E-state index is 13.7. The first-order valence-electron chi connectivity index (χ1n) is 6.60. The highest BCUT2D eigenvalue weighted by Gasteiger charge is 2.77. The molecular weight excluding hydrogens is 343 g/mol. The molecule has 134 valence electrons. The molecule has 2 nitrogen and oxygen atoms in total. The number of alkyl halides is 6. The van der Waals surface area contributed by atoms with E-state index < -0.39 is 41.4 Å². The van der Waals surface area contributed by atoms with Gasteiger partial charge in [0.2, 0.25) is 0 Å². The van der Waals surface area contributed by atoms with Gasteiger partial charge in [0.25, 0.3) is 5.60 Å². The minimum Gasteiger partial charge on any atom is -0.353 e. The molecule has 0 radical (unpaired) electrons. The molecule has 1 rings (SSSR count). The van der Waals surface area contributed by atoms with Gasteiger partial charge in [-0.1, -0.05) is 32.9 Å². The van der Waals surface area contributed by atoms with Crippen molar-refractivity contribution in [3.8, 4) is 0 Å². The van der Waals surface area contributed by atoms with Crippen molar-refractivity contribution >= 4 is 5.69 Å². The average molecular weight is 357 g/mol. The van der Waals surface area contributed by atoms with Crippen LogP contribution in [-0.4, -0.2) is 18.0 Å². The average Bonchev–Trinajstić information content (AvgIpc) is 2.35. The number of nitrogens with zero attached hydrogens (tertiary/aromatic N) is 1. The van der Waals surface area contributed by atoms with Crippen molar-refractivity contribution in [2.75, 3.05) is 0 Å². The third-order valence-electron chi connectivity index (χ3n) is 3.46. The molecule has 0 bridgehead atoms. The van der Waals surface area contributed by atoms with Crippen molar-refractivity contribution in [3.05, 3.63) is 41.0 Å². The van der Waals surface area contributed by atoms with Gasteiger partial charge >= 0.3 is 12.4 Å². The number of halogens is 7. The first-order valence-corrected chi connectivity index (χ1v) is 6.60. The molecule has 0 amide bonds. The highest BCUT2D eigenvalue weighted by molar-refractivity contribution is 5.46. The van der Waals surface area contributed by atoms with Gasteiger partial charge in [0.05, 0.1) is 13.2 Å². The molecular formula is C15H14F7NO. The van der Waals surface area contributed by atoms with Crippen LogP contribution in [0.5, 0.6) is 0 Å². The van der Waals surface area contributed by atoms with Crippen LogP contribution < -0.4 is 0 Å². The molecule has 0 aliphatic rings. The van der Waals surface area contributed by atoms with Crippen LogP contribution in [0.2, 0.25) is 0 Å². The second kappa shape index (κ2) is 6.24. The fourth-order valence-corrected chi connectivity index (χ4v) is 2.30. The minimum absolute atomic E-state index is 0.134. The van der Waals surface area contributed by atoms with Gasteiger partial charge in [-0.25, -0.2) is 9.24 Å². The molecule has 0 saturated carbocycles. The van der Waals surface area contributed by atoms with E-state index in [2.05, 4.69) is 9.58 Å². The minimum atomic E-state index is -5.77. The molecule has 1 aromatic rings. The lowest BCUT2D eigenvalue weighted by atomic mass is 9.75. The summed E-state index contributed by atoms with van der Waals surface area (Å²) in [6.45, 7) is 7.67. The Morgan fingerprint density at radius 3 is 1.83 bits per heavy atom. The predicted molar refractivity (Wildman–Crippen MR) is 71.7 cm³/mol. The predicted octanol–water partition coefficient (Wildman–Crippen LogP) is 5.80. The van der Waals surface area contributed by atoms with Crippen LogP contribution in [0.1, 0.15) is 26.3 Å². The highest BCUT2D eigenvalue weighted by Crippen LogP contribution is 2.55. The second-order valence-corrected chi connectivity index (χ2v) is 6.10. The molecule has 0 fully saturated rings. The molecule has 0 heterocycles. The molecule has 0 saturated heterocycles. The topological polar surface area (TPSA) is 13.6 Å². The van der Waals surface area contributed by atoms with E-state index in [0.29, 0.717) is 6.07 Å². The highest BCUT2D eigenvalue weighted by atomic mass is 19.4. The number of hydrogen-bond donors (Lipinski definition) is 0. The van der Waals surface area contributed by atoms with E-state index in [1.165, 1.54) is 0 Å². The van der Waals surface area contributed by atoms with Gasteiger partial charge in [-0.15, -0.1) is 0 Å². The molecule has 1 aromatic carbocycles. The summed E-state index contributed by atoms with van der Waals surface area (Å²) in [5.41, 5.74) is -7.51. The Bertz CT molecular complexity index is 599. The van der Waals surface area contributed by atoms with E-state index in [0.717, 1.165) is 32.9 Å². The summed E-state index contributed by atoms with van der Waals surface area (Å²) in [7, 11) is 0. The van der Waals surface area contributed by atoms with Crippen molar-refractivity contribution in [2.45, 2.75) is 45.3 Å². The lowest BCUT2D eigenvalue weighted by Crippen LogP contribution is -2.66. The van der Waals surface area contributed by atoms with E-state index in [1.807, 2.05) is 0 Å². The van der Waals surface area contributed by atoms with Crippen LogP contribution in [0.3, 0.4) is 0 Å². The Kier molecular flexibility index (Phi) is 5.26. The summed E-state index contributed by atoms with van der Waals surface area (Å²) in [4.78, 5) is 2.91. The first kappa shape index (κ1) is 20.2. The van der Waals surface area contributed by atoms with Gasteiger partial charge < -0.3 is 4.74 Å². The molecule has 0 unspecified atom stereocenters. The third-order valence-corrected chi connectivity index (χ3v) is 3.46. The molecule has 9 heteroatoms. The van der Waals surface area contributed by atoms with Gasteiger partial charge in [-0.2, -0.15) is 26.3 Å². The fraction of sp³-hybridized carbons (Fsp3) is 0.533. The Morgan fingerprint density at radius 1 is 1.00 bits per heavy atom. The second-order valence-electron chi connectivity index (χ2n) is 6.10. The SMILES string of the molecule is [C-]#[N+]c1ccc(COC(C(C)(C)C)(C(F)(F)F)C(F)(F)F)c(F)c1. The van der Waals surface area contributed by atoms with Gasteiger partial charge in [-0.3, -0.25) is 0 Å². The van der Waals surface area contributed by atoms with Gasteiger partial charge in [-0.05, 0) is 6.07 Å². The Morgan fingerprint density at radius 2 is 1.50 bits per heavy atom. The number of benzene rings is 1. The lowest BCUT2D eigenvalue weighted by Gasteiger charge is -2.45. The standard InChI is InChI=1S/C15H14F7NO/c1-12(2,3)13(14(17,18)19,15(20,21)22)24-8-9-5-6-10(23-4)7-11(9)16/h5-7H,8H2,1-3H3. The zero-order chi connectivity index (χ0) is 19.0. The van der Waals surface area contributed by atoms with Crippen molar-refractivity contribution in [1.29, 1.82) is 0 Å². The van der Waals surface area contributed by atoms with Crippen molar-refractivity contribution in [3.63, 3.8) is 0 Å². The summed E-state index contributed by atoms with van der Waals surface area (Å²) in [6.07, 6.45) is -11.5. The maximum atomic E-state index is 13.7. The molecule has 0 N–H and O–H groups in total. The van der Waals surface area contributed by atoms with Gasteiger partial charge in [0, 0.05) is 11.0 Å². The van der Waals surface area contributed by atoms with E-state index in [-0.39, 0.29) is 5.69 Å². The normalized spacial score (nSPS) is 13.7. The maximum Gasteiger partial charge on any atom is 0.427 e. The molecule has 0 spiro atoms. The summed E-state index contributed by atoms with van der Waals surface area (Å²) in [6, 6.07) is 2.71. The van der Waals surface area contributed by atoms with E-state index >= 15 is 0 Å². The number of rotatable bonds is 3. The summed E-state index contributed by atoms with van der Waals surface area (Å²) in [5, 5.41) is 0. The third kappa shape index (κ3) is 3.48. The summed E-state index contributed by atoms with van der Waals surface area (Å²) >= 11 is 0. The smallest absolute Gasteiger partial charge is 0.353 e. The van der Waals surface area contributed by atoms with Crippen LogP contribution in [0.4, 0.5) is 36.4 Å². The summed E-state index contributed by atoms with van der Waals surface area (Å²) in [5.74, 6) is -1.12.